The molecule has 5 nitrogen and oxygen atoms in total. The van der Waals surface area contributed by atoms with Gasteiger partial charge in [0.1, 0.15) is 22.8 Å². The van der Waals surface area contributed by atoms with E-state index in [0.717, 1.165) is 16.8 Å². The minimum Gasteiger partial charge on any atom is -0.294 e. The van der Waals surface area contributed by atoms with Crippen molar-refractivity contribution in [1.29, 1.82) is 5.26 Å². The Bertz CT molecular complexity index is 1180. The normalized spacial score (nSPS) is 10.8. The lowest BCUT2D eigenvalue weighted by atomic mass is 10.2. The quantitative estimate of drug-likeness (QED) is 0.574. The summed E-state index contributed by atoms with van der Waals surface area (Å²) < 4.78 is 3.29. The van der Waals surface area contributed by atoms with Crippen LogP contribution in [0.15, 0.2) is 71.8 Å². The third-order valence-electron chi connectivity index (χ3n) is 4.49. The SMILES string of the molecule is Cc1c(C#N)n(-c2ccccc2)c2c(=O)n(Cc3ccccc3)cnc12. The molecule has 0 N–H and O–H groups in total. The number of hydrogen-bond acceptors (Lipinski definition) is 3. The zero-order valence-corrected chi connectivity index (χ0v) is 14.3. The number of nitriles is 1. The molecular weight excluding hydrogens is 324 g/mol. The molecule has 2 aromatic heterocycles. The van der Waals surface area contributed by atoms with Crippen LogP contribution in [-0.4, -0.2) is 14.1 Å². The van der Waals surface area contributed by atoms with E-state index in [1.165, 1.54) is 0 Å². The maximum atomic E-state index is 13.2. The van der Waals surface area contributed by atoms with Crippen LogP contribution in [-0.2, 0) is 6.54 Å². The van der Waals surface area contributed by atoms with E-state index in [1.807, 2.05) is 67.6 Å². The Hall–Kier alpha value is -3.65. The highest BCUT2D eigenvalue weighted by molar-refractivity contribution is 5.83. The lowest BCUT2D eigenvalue weighted by Gasteiger charge is -2.09. The van der Waals surface area contributed by atoms with Crippen LogP contribution in [0.4, 0.5) is 0 Å². The van der Waals surface area contributed by atoms with Crippen LogP contribution in [0.25, 0.3) is 16.7 Å². The molecule has 4 rings (SSSR count). The van der Waals surface area contributed by atoms with E-state index >= 15 is 0 Å². The summed E-state index contributed by atoms with van der Waals surface area (Å²) in [7, 11) is 0. The van der Waals surface area contributed by atoms with Gasteiger partial charge < -0.3 is 0 Å². The Morgan fingerprint density at radius 3 is 2.35 bits per heavy atom. The first kappa shape index (κ1) is 15.9. The molecule has 0 saturated carbocycles. The number of fused-ring (bicyclic) bond motifs is 1. The largest absolute Gasteiger partial charge is 0.294 e. The fourth-order valence-electron chi connectivity index (χ4n) is 3.21. The van der Waals surface area contributed by atoms with Gasteiger partial charge in [0.25, 0.3) is 5.56 Å². The molecule has 0 radical (unpaired) electrons. The van der Waals surface area contributed by atoms with Crippen molar-refractivity contribution in [3.05, 3.63) is 94.2 Å². The maximum Gasteiger partial charge on any atom is 0.278 e. The summed E-state index contributed by atoms with van der Waals surface area (Å²) >= 11 is 0. The Balaban J connectivity index is 2.00. The van der Waals surface area contributed by atoms with Crippen LogP contribution >= 0.6 is 0 Å². The average molecular weight is 340 g/mol. The lowest BCUT2D eigenvalue weighted by molar-refractivity contribution is 0.744. The Morgan fingerprint density at radius 1 is 1.04 bits per heavy atom. The Morgan fingerprint density at radius 2 is 1.69 bits per heavy atom. The number of aromatic nitrogens is 3. The van der Waals surface area contributed by atoms with Gasteiger partial charge in [-0.25, -0.2) is 4.98 Å². The summed E-state index contributed by atoms with van der Waals surface area (Å²) in [6, 6.07) is 21.4. The van der Waals surface area contributed by atoms with Gasteiger partial charge in [-0.3, -0.25) is 13.9 Å². The number of rotatable bonds is 3. The van der Waals surface area contributed by atoms with E-state index in [0.29, 0.717) is 23.3 Å². The molecule has 4 aromatic rings. The van der Waals surface area contributed by atoms with Crippen molar-refractivity contribution >= 4 is 11.0 Å². The first-order valence-corrected chi connectivity index (χ1v) is 8.30. The molecule has 0 fully saturated rings. The molecule has 126 valence electrons. The molecule has 26 heavy (non-hydrogen) atoms. The lowest BCUT2D eigenvalue weighted by Crippen LogP contribution is -2.23. The van der Waals surface area contributed by atoms with E-state index in [4.69, 9.17) is 0 Å². The molecule has 5 heteroatoms. The monoisotopic (exact) mass is 340 g/mol. The van der Waals surface area contributed by atoms with E-state index in [1.54, 1.807) is 15.5 Å². The predicted octanol–water partition coefficient (Wildman–Crippen LogP) is 3.42. The van der Waals surface area contributed by atoms with Crippen molar-refractivity contribution < 1.29 is 0 Å². The second-order valence-electron chi connectivity index (χ2n) is 6.12. The first-order chi connectivity index (χ1) is 12.7. The zero-order valence-electron chi connectivity index (χ0n) is 14.3. The molecule has 0 unspecified atom stereocenters. The molecule has 0 aliphatic carbocycles. The third-order valence-corrected chi connectivity index (χ3v) is 4.49. The third kappa shape index (κ3) is 2.49. The summed E-state index contributed by atoms with van der Waals surface area (Å²) in [6.07, 6.45) is 1.56. The van der Waals surface area contributed by atoms with Crippen molar-refractivity contribution in [3.8, 4) is 11.8 Å². The smallest absolute Gasteiger partial charge is 0.278 e. The summed E-state index contributed by atoms with van der Waals surface area (Å²) in [5.74, 6) is 0. The van der Waals surface area contributed by atoms with Gasteiger partial charge in [0.2, 0.25) is 0 Å². The molecule has 0 aliphatic rings. The highest BCUT2D eigenvalue weighted by Gasteiger charge is 2.20. The summed E-state index contributed by atoms with van der Waals surface area (Å²) in [4.78, 5) is 17.7. The van der Waals surface area contributed by atoms with Crippen LogP contribution in [0.5, 0.6) is 0 Å². The van der Waals surface area contributed by atoms with Crippen LogP contribution in [0.3, 0.4) is 0 Å². The summed E-state index contributed by atoms with van der Waals surface area (Å²) in [5.41, 5.74) is 3.79. The van der Waals surface area contributed by atoms with E-state index in [9.17, 15) is 10.1 Å². The molecular formula is C21H16N4O. The van der Waals surface area contributed by atoms with Crippen LogP contribution in [0.2, 0.25) is 0 Å². The number of aryl methyl sites for hydroxylation is 1. The maximum absolute atomic E-state index is 13.2. The van der Waals surface area contributed by atoms with Crippen molar-refractivity contribution in [2.45, 2.75) is 13.5 Å². The second kappa shape index (κ2) is 6.34. The summed E-state index contributed by atoms with van der Waals surface area (Å²) in [5, 5.41) is 9.65. The van der Waals surface area contributed by atoms with Gasteiger partial charge in [0.15, 0.2) is 0 Å². The van der Waals surface area contributed by atoms with Gasteiger partial charge in [0.05, 0.1) is 12.9 Å². The number of para-hydroxylation sites is 1. The topological polar surface area (TPSA) is 63.6 Å². The Kier molecular flexibility index (Phi) is 3.86. The minimum atomic E-state index is -0.160. The molecule has 0 amide bonds. The zero-order chi connectivity index (χ0) is 18.1. The molecule has 0 bridgehead atoms. The standard InChI is InChI=1S/C21H16N4O/c1-15-18(12-22)25(17-10-6-3-7-11-17)20-19(15)23-14-24(21(20)26)13-16-8-4-2-5-9-16/h2-11,14H,13H2,1H3. The number of benzene rings is 2. The van der Waals surface area contributed by atoms with Crippen molar-refractivity contribution in [2.24, 2.45) is 0 Å². The van der Waals surface area contributed by atoms with Crippen LogP contribution < -0.4 is 5.56 Å². The summed E-state index contributed by atoms with van der Waals surface area (Å²) in [6.45, 7) is 2.26. The fraction of sp³-hybridized carbons (Fsp3) is 0.0952. The second-order valence-corrected chi connectivity index (χ2v) is 6.12. The van der Waals surface area contributed by atoms with E-state index in [-0.39, 0.29) is 5.56 Å². The van der Waals surface area contributed by atoms with Crippen LogP contribution in [0, 0.1) is 18.3 Å². The molecule has 2 aromatic carbocycles. The number of nitrogens with zero attached hydrogens (tertiary/aromatic N) is 4. The van der Waals surface area contributed by atoms with Gasteiger partial charge in [-0.1, -0.05) is 48.5 Å². The highest BCUT2D eigenvalue weighted by atomic mass is 16.1. The van der Waals surface area contributed by atoms with E-state index < -0.39 is 0 Å². The van der Waals surface area contributed by atoms with Crippen LogP contribution in [0.1, 0.15) is 16.8 Å². The predicted molar refractivity (Wildman–Crippen MR) is 100 cm³/mol. The van der Waals surface area contributed by atoms with Gasteiger partial charge in [0, 0.05) is 11.3 Å². The van der Waals surface area contributed by atoms with Gasteiger partial charge in [-0.2, -0.15) is 5.26 Å². The van der Waals surface area contributed by atoms with Crippen molar-refractivity contribution in [1.82, 2.24) is 14.1 Å². The van der Waals surface area contributed by atoms with Gasteiger partial charge in [-0.05, 0) is 24.6 Å². The number of hydrogen-bond donors (Lipinski definition) is 0. The van der Waals surface area contributed by atoms with Gasteiger partial charge in [-0.15, -0.1) is 0 Å². The van der Waals surface area contributed by atoms with Crippen molar-refractivity contribution in [2.75, 3.05) is 0 Å². The molecule has 0 aliphatic heterocycles. The first-order valence-electron chi connectivity index (χ1n) is 8.30. The molecule has 0 saturated heterocycles. The Labute approximate surface area is 150 Å². The molecule has 0 atom stereocenters. The molecule has 0 spiro atoms. The fourth-order valence-corrected chi connectivity index (χ4v) is 3.21. The highest BCUT2D eigenvalue weighted by Crippen LogP contribution is 2.25. The molecule has 2 heterocycles. The average Bonchev–Trinajstić information content (AvgIpc) is 2.98. The minimum absolute atomic E-state index is 0.160. The van der Waals surface area contributed by atoms with Crippen molar-refractivity contribution in [3.63, 3.8) is 0 Å². The van der Waals surface area contributed by atoms with Gasteiger partial charge >= 0.3 is 0 Å². The van der Waals surface area contributed by atoms with E-state index in [2.05, 4.69) is 11.1 Å².